The van der Waals surface area contributed by atoms with Gasteiger partial charge in [0.1, 0.15) is 5.60 Å². The van der Waals surface area contributed by atoms with Crippen LogP contribution in [0.25, 0.3) is 0 Å². The van der Waals surface area contributed by atoms with E-state index in [1.54, 1.807) is 0 Å². The summed E-state index contributed by atoms with van der Waals surface area (Å²) >= 11 is 0. The highest BCUT2D eigenvalue weighted by Crippen LogP contribution is 2.45. The van der Waals surface area contributed by atoms with E-state index < -0.39 is 11.0 Å². The second-order valence-electron chi connectivity index (χ2n) is 6.62. The van der Waals surface area contributed by atoms with E-state index in [-0.39, 0.29) is 12.0 Å². The van der Waals surface area contributed by atoms with Gasteiger partial charge in [-0.05, 0) is 46.1 Å². The molecule has 1 fully saturated rings. The monoisotopic (exact) mass is 261 g/mol. The van der Waals surface area contributed by atoms with Gasteiger partial charge in [0.15, 0.2) is 0 Å². The predicted molar refractivity (Wildman–Crippen MR) is 75.9 cm³/mol. The molecule has 0 unspecified atom stereocenters. The summed E-state index contributed by atoms with van der Waals surface area (Å²) in [5.74, 6) is -0.146. The molecule has 0 atom stereocenters. The smallest absolute Gasteiger partial charge is 0.317 e. The first-order valence-corrected chi connectivity index (χ1v) is 6.79. The third kappa shape index (κ3) is 2.81. The first-order valence-electron chi connectivity index (χ1n) is 6.79. The number of aryl methyl sites for hydroxylation is 1. The minimum Gasteiger partial charge on any atom is -0.459 e. The lowest BCUT2D eigenvalue weighted by atomic mass is 9.61. The van der Waals surface area contributed by atoms with Crippen molar-refractivity contribution in [2.24, 2.45) is 5.73 Å². The zero-order valence-corrected chi connectivity index (χ0v) is 12.2. The Bertz CT molecular complexity index is 482. The number of rotatable bonds is 2. The first-order chi connectivity index (χ1) is 8.73. The van der Waals surface area contributed by atoms with E-state index >= 15 is 0 Å². The molecule has 19 heavy (non-hydrogen) atoms. The molecule has 0 spiro atoms. The number of esters is 1. The van der Waals surface area contributed by atoms with Crippen molar-refractivity contribution in [2.75, 3.05) is 0 Å². The van der Waals surface area contributed by atoms with Crippen molar-refractivity contribution >= 4 is 5.97 Å². The maximum absolute atomic E-state index is 12.5. The van der Waals surface area contributed by atoms with Crippen LogP contribution in [-0.2, 0) is 14.9 Å². The van der Waals surface area contributed by atoms with E-state index in [4.69, 9.17) is 10.5 Å². The quantitative estimate of drug-likeness (QED) is 0.833. The van der Waals surface area contributed by atoms with Crippen LogP contribution in [0.15, 0.2) is 24.3 Å². The molecular weight excluding hydrogens is 238 g/mol. The summed E-state index contributed by atoms with van der Waals surface area (Å²) in [6, 6.07) is 8.18. The third-order valence-electron chi connectivity index (χ3n) is 3.58. The Labute approximate surface area is 115 Å². The highest BCUT2D eigenvalue weighted by Gasteiger charge is 2.52. The average Bonchev–Trinajstić information content (AvgIpc) is 2.21. The second kappa shape index (κ2) is 4.64. The van der Waals surface area contributed by atoms with Crippen LogP contribution in [0.2, 0.25) is 0 Å². The Morgan fingerprint density at radius 3 is 2.47 bits per heavy atom. The van der Waals surface area contributed by atoms with Crippen LogP contribution in [0.5, 0.6) is 0 Å². The van der Waals surface area contributed by atoms with E-state index in [1.807, 2.05) is 45.9 Å². The fraction of sp³-hybridized carbons (Fsp3) is 0.562. The van der Waals surface area contributed by atoms with Crippen LogP contribution < -0.4 is 5.73 Å². The Morgan fingerprint density at radius 1 is 1.37 bits per heavy atom. The molecule has 2 rings (SSSR count). The maximum atomic E-state index is 12.5. The van der Waals surface area contributed by atoms with Gasteiger partial charge in [-0.2, -0.15) is 0 Å². The summed E-state index contributed by atoms with van der Waals surface area (Å²) in [5.41, 5.74) is 7.10. The molecule has 1 aromatic carbocycles. The van der Waals surface area contributed by atoms with Crippen molar-refractivity contribution in [1.82, 2.24) is 0 Å². The van der Waals surface area contributed by atoms with E-state index in [0.717, 1.165) is 11.1 Å². The zero-order valence-electron chi connectivity index (χ0n) is 12.2. The summed E-state index contributed by atoms with van der Waals surface area (Å²) in [4.78, 5) is 12.5. The SMILES string of the molecule is Cc1cccc(C2(C(=O)OC(C)(C)C)CC(N)C2)c1. The highest BCUT2D eigenvalue weighted by molar-refractivity contribution is 5.85. The van der Waals surface area contributed by atoms with Gasteiger partial charge in [0.25, 0.3) is 0 Å². The molecule has 0 bridgehead atoms. The molecule has 104 valence electrons. The van der Waals surface area contributed by atoms with Crippen molar-refractivity contribution in [3.05, 3.63) is 35.4 Å². The standard InChI is InChI=1S/C16H23NO2/c1-11-6-5-7-12(8-11)16(9-13(17)10-16)14(18)19-15(2,3)4/h5-8,13H,9-10,17H2,1-4H3. The third-order valence-corrected chi connectivity index (χ3v) is 3.58. The Balaban J connectivity index is 2.31. The molecule has 0 heterocycles. The molecule has 0 aliphatic heterocycles. The number of hydrogen-bond acceptors (Lipinski definition) is 3. The summed E-state index contributed by atoms with van der Waals surface area (Å²) in [7, 11) is 0. The van der Waals surface area contributed by atoms with E-state index in [2.05, 4.69) is 6.07 Å². The van der Waals surface area contributed by atoms with Gasteiger partial charge in [-0.3, -0.25) is 4.79 Å². The van der Waals surface area contributed by atoms with Gasteiger partial charge in [0, 0.05) is 6.04 Å². The van der Waals surface area contributed by atoms with Crippen molar-refractivity contribution in [1.29, 1.82) is 0 Å². The Hall–Kier alpha value is -1.35. The normalized spacial score (nSPS) is 26.7. The lowest BCUT2D eigenvalue weighted by Crippen LogP contribution is -2.55. The largest absolute Gasteiger partial charge is 0.459 e. The zero-order chi connectivity index (χ0) is 14.3. The molecular formula is C16H23NO2. The van der Waals surface area contributed by atoms with Crippen molar-refractivity contribution in [3.8, 4) is 0 Å². The molecule has 3 nitrogen and oxygen atoms in total. The van der Waals surface area contributed by atoms with Crippen molar-refractivity contribution < 1.29 is 9.53 Å². The number of carbonyl (C=O) groups excluding carboxylic acids is 1. The molecule has 0 radical (unpaired) electrons. The Kier molecular flexibility index (Phi) is 3.43. The summed E-state index contributed by atoms with van der Waals surface area (Å²) in [6.45, 7) is 7.72. The topological polar surface area (TPSA) is 52.3 Å². The van der Waals surface area contributed by atoms with Crippen molar-refractivity contribution in [2.45, 2.75) is 57.6 Å². The van der Waals surface area contributed by atoms with E-state index in [0.29, 0.717) is 12.8 Å². The van der Waals surface area contributed by atoms with Crippen LogP contribution in [0, 0.1) is 6.92 Å². The van der Waals surface area contributed by atoms with Crippen LogP contribution in [0.4, 0.5) is 0 Å². The molecule has 1 aromatic rings. The predicted octanol–water partition coefficient (Wildman–Crippen LogP) is 2.70. The second-order valence-corrected chi connectivity index (χ2v) is 6.62. The summed E-state index contributed by atoms with van der Waals surface area (Å²) < 4.78 is 5.59. The summed E-state index contributed by atoms with van der Waals surface area (Å²) in [5, 5.41) is 0. The Morgan fingerprint density at radius 2 is 2.00 bits per heavy atom. The molecule has 3 heteroatoms. The number of nitrogens with two attached hydrogens (primary N) is 1. The maximum Gasteiger partial charge on any atom is 0.317 e. The van der Waals surface area contributed by atoms with Gasteiger partial charge in [0.05, 0.1) is 5.41 Å². The van der Waals surface area contributed by atoms with Gasteiger partial charge in [-0.25, -0.2) is 0 Å². The van der Waals surface area contributed by atoms with E-state index in [1.165, 1.54) is 0 Å². The number of benzene rings is 1. The van der Waals surface area contributed by atoms with Gasteiger partial charge < -0.3 is 10.5 Å². The van der Waals surface area contributed by atoms with Crippen LogP contribution >= 0.6 is 0 Å². The van der Waals surface area contributed by atoms with Crippen LogP contribution in [-0.4, -0.2) is 17.6 Å². The lowest BCUT2D eigenvalue weighted by molar-refractivity contribution is -0.166. The lowest BCUT2D eigenvalue weighted by Gasteiger charge is -2.45. The minimum atomic E-state index is -0.543. The average molecular weight is 261 g/mol. The molecule has 0 saturated heterocycles. The first kappa shape index (κ1) is 14.1. The van der Waals surface area contributed by atoms with Crippen molar-refractivity contribution in [3.63, 3.8) is 0 Å². The fourth-order valence-corrected chi connectivity index (χ4v) is 2.67. The van der Waals surface area contributed by atoms with Gasteiger partial charge in [-0.1, -0.05) is 29.8 Å². The highest BCUT2D eigenvalue weighted by atomic mass is 16.6. The van der Waals surface area contributed by atoms with Crippen LogP contribution in [0.1, 0.15) is 44.7 Å². The van der Waals surface area contributed by atoms with Gasteiger partial charge >= 0.3 is 5.97 Å². The number of hydrogen-bond donors (Lipinski definition) is 1. The molecule has 1 aliphatic carbocycles. The molecule has 2 N–H and O–H groups in total. The van der Waals surface area contributed by atoms with Crippen LogP contribution in [0.3, 0.4) is 0 Å². The number of carbonyl (C=O) groups is 1. The summed E-state index contributed by atoms with van der Waals surface area (Å²) in [6.07, 6.45) is 1.34. The van der Waals surface area contributed by atoms with E-state index in [9.17, 15) is 4.79 Å². The molecule has 1 saturated carbocycles. The molecule has 0 aromatic heterocycles. The fourth-order valence-electron chi connectivity index (χ4n) is 2.67. The van der Waals surface area contributed by atoms with Gasteiger partial charge in [0.2, 0.25) is 0 Å². The van der Waals surface area contributed by atoms with Gasteiger partial charge in [-0.15, -0.1) is 0 Å². The number of ether oxygens (including phenoxy) is 1. The molecule has 1 aliphatic rings. The molecule has 0 amide bonds. The minimum absolute atomic E-state index is 0.0908.